The van der Waals surface area contributed by atoms with E-state index in [-0.39, 0.29) is 0 Å². The van der Waals surface area contributed by atoms with E-state index < -0.39 is 0 Å². The van der Waals surface area contributed by atoms with Crippen LogP contribution in [0, 0.1) is 10.7 Å². The predicted molar refractivity (Wildman–Crippen MR) is 83.9 cm³/mol. The number of nitrogens with zero attached hydrogens (tertiary/aromatic N) is 2. The monoisotopic (exact) mass is 339 g/mol. The van der Waals surface area contributed by atoms with E-state index >= 15 is 0 Å². The fraction of sp³-hybridized carbons (Fsp3) is 0.571. The molecule has 0 spiro atoms. The summed E-state index contributed by atoms with van der Waals surface area (Å²) < 4.78 is 3.97. The number of halogens is 1. The highest BCUT2D eigenvalue weighted by Gasteiger charge is 2.23. The summed E-state index contributed by atoms with van der Waals surface area (Å²) in [5.41, 5.74) is 1.99. The average molecular weight is 340 g/mol. The van der Waals surface area contributed by atoms with Gasteiger partial charge in [-0.15, -0.1) is 0 Å². The molecule has 0 aromatic carbocycles. The van der Waals surface area contributed by atoms with Crippen molar-refractivity contribution in [3.63, 3.8) is 0 Å². The van der Waals surface area contributed by atoms with Crippen molar-refractivity contribution in [1.82, 2.24) is 14.5 Å². The van der Waals surface area contributed by atoms with Gasteiger partial charge in [0, 0.05) is 16.7 Å². The number of fused-ring (bicyclic) bond motifs is 1. The van der Waals surface area contributed by atoms with Gasteiger partial charge in [-0.25, -0.2) is 4.98 Å². The second kappa shape index (κ2) is 5.37. The molecular weight excluding hydrogens is 322 g/mol. The maximum Gasteiger partial charge on any atom is 0.179 e. The minimum atomic E-state index is 0.426. The molecule has 0 amide bonds. The topological polar surface area (TPSA) is 33.6 Å². The Morgan fingerprint density at radius 3 is 2.89 bits per heavy atom. The molecule has 5 heteroatoms. The summed E-state index contributed by atoms with van der Waals surface area (Å²) in [6.45, 7) is 2.28. The van der Waals surface area contributed by atoms with Crippen molar-refractivity contribution >= 4 is 39.3 Å². The third kappa shape index (κ3) is 2.50. The lowest BCUT2D eigenvalue weighted by molar-refractivity contribution is 0.265. The van der Waals surface area contributed by atoms with Gasteiger partial charge in [0.2, 0.25) is 0 Å². The minimum absolute atomic E-state index is 0.426. The first-order chi connectivity index (χ1) is 9.16. The second-order valence-corrected chi connectivity index (χ2v) is 6.77. The molecule has 0 bridgehead atoms. The third-order valence-electron chi connectivity index (χ3n) is 4.26. The number of nitrogens with one attached hydrogen (secondary N) is 1. The van der Waals surface area contributed by atoms with Gasteiger partial charge in [-0.1, -0.05) is 19.3 Å². The van der Waals surface area contributed by atoms with Crippen LogP contribution in [0.15, 0.2) is 16.7 Å². The van der Waals surface area contributed by atoms with Gasteiger partial charge >= 0.3 is 0 Å². The van der Waals surface area contributed by atoms with Crippen LogP contribution in [0.4, 0.5) is 0 Å². The molecule has 1 aliphatic rings. The van der Waals surface area contributed by atoms with Crippen LogP contribution in [0.1, 0.15) is 45.1 Å². The van der Waals surface area contributed by atoms with Crippen LogP contribution >= 0.6 is 28.1 Å². The highest BCUT2D eigenvalue weighted by molar-refractivity contribution is 9.10. The number of rotatable bonds is 2. The zero-order valence-corrected chi connectivity index (χ0v) is 13.4. The molecule has 1 fully saturated rings. The van der Waals surface area contributed by atoms with Gasteiger partial charge in [0.25, 0.3) is 0 Å². The van der Waals surface area contributed by atoms with Crippen molar-refractivity contribution in [2.45, 2.75) is 45.1 Å². The van der Waals surface area contributed by atoms with Crippen LogP contribution in [0.2, 0.25) is 0 Å². The molecule has 1 atom stereocenters. The van der Waals surface area contributed by atoms with E-state index in [0.717, 1.165) is 26.3 Å². The molecule has 0 saturated heterocycles. The van der Waals surface area contributed by atoms with Crippen molar-refractivity contribution in [1.29, 1.82) is 0 Å². The zero-order chi connectivity index (χ0) is 13.4. The summed E-state index contributed by atoms with van der Waals surface area (Å²) in [6, 6.07) is 2.47. The fourth-order valence-corrected chi connectivity index (χ4v) is 3.89. The highest BCUT2D eigenvalue weighted by atomic mass is 79.9. The van der Waals surface area contributed by atoms with E-state index in [1.807, 2.05) is 12.3 Å². The number of hydrogen-bond donors (Lipinski definition) is 1. The second-order valence-electron chi connectivity index (χ2n) is 5.46. The van der Waals surface area contributed by atoms with Crippen LogP contribution in [0.5, 0.6) is 0 Å². The van der Waals surface area contributed by atoms with Gasteiger partial charge in [0.05, 0.1) is 5.52 Å². The maximum absolute atomic E-state index is 5.49. The lowest BCUT2D eigenvalue weighted by Gasteiger charge is -2.28. The van der Waals surface area contributed by atoms with Gasteiger partial charge in [0.1, 0.15) is 0 Å². The van der Waals surface area contributed by atoms with Crippen LogP contribution in [0.25, 0.3) is 11.2 Å². The summed E-state index contributed by atoms with van der Waals surface area (Å²) >= 11 is 8.95. The van der Waals surface area contributed by atoms with Crippen molar-refractivity contribution in [2.75, 3.05) is 0 Å². The summed E-state index contributed by atoms with van der Waals surface area (Å²) in [5, 5.41) is 0. The zero-order valence-electron chi connectivity index (χ0n) is 11.0. The highest BCUT2D eigenvalue weighted by Crippen LogP contribution is 2.34. The molecule has 1 N–H and O–H groups in total. The quantitative estimate of drug-likeness (QED) is 0.781. The van der Waals surface area contributed by atoms with Crippen molar-refractivity contribution in [3.05, 3.63) is 21.5 Å². The number of aromatic amines is 1. The Bertz CT molecular complexity index is 640. The molecular formula is C14H18BrN3S. The first-order valence-electron chi connectivity index (χ1n) is 6.92. The summed E-state index contributed by atoms with van der Waals surface area (Å²) in [4.78, 5) is 7.81. The Balaban J connectivity index is 2.03. The standard InChI is InChI=1S/C14H18BrN3S/c1-9(10-5-3-2-4-6-10)18-13-12(17-14(18)19)7-11(15)8-16-13/h7-10H,2-6H2,1H3,(H,17,19). The first-order valence-corrected chi connectivity index (χ1v) is 8.12. The van der Waals surface area contributed by atoms with E-state index in [1.54, 1.807) is 0 Å². The fourth-order valence-electron chi connectivity index (χ4n) is 3.19. The van der Waals surface area contributed by atoms with Crippen molar-refractivity contribution < 1.29 is 0 Å². The Morgan fingerprint density at radius 1 is 1.42 bits per heavy atom. The van der Waals surface area contributed by atoms with Gasteiger partial charge in [-0.3, -0.25) is 4.57 Å². The van der Waals surface area contributed by atoms with Gasteiger partial charge < -0.3 is 4.98 Å². The maximum atomic E-state index is 5.49. The molecule has 1 unspecified atom stereocenters. The number of H-pyrrole nitrogens is 1. The van der Waals surface area contributed by atoms with Crippen LogP contribution < -0.4 is 0 Å². The molecule has 19 heavy (non-hydrogen) atoms. The Labute approximate surface area is 126 Å². The lowest BCUT2D eigenvalue weighted by Crippen LogP contribution is -2.19. The van der Waals surface area contributed by atoms with E-state index in [0.29, 0.717) is 6.04 Å². The molecule has 2 heterocycles. The Hall–Kier alpha value is -0.680. The molecule has 1 aliphatic carbocycles. The minimum Gasteiger partial charge on any atom is -0.329 e. The SMILES string of the molecule is CC(C1CCCCC1)n1c(=S)[nH]c2cc(Br)cnc21. The molecule has 102 valence electrons. The predicted octanol–water partition coefficient (Wildman–Crippen LogP) is 5.00. The summed E-state index contributed by atoms with van der Waals surface area (Å²) in [7, 11) is 0. The molecule has 3 nitrogen and oxygen atoms in total. The van der Waals surface area contributed by atoms with Crippen LogP contribution in [-0.2, 0) is 0 Å². The molecule has 0 radical (unpaired) electrons. The Morgan fingerprint density at radius 2 is 2.16 bits per heavy atom. The van der Waals surface area contributed by atoms with Crippen molar-refractivity contribution in [2.24, 2.45) is 5.92 Å². The number of aromatic nitrogens is 3. The van der Waals surface area contributed by atoms with E-state index in [2.05, 4.69) is 37.4 Å². The van der Waals surface area contributed by atoms with E-state index in [1.165, 1.54) is 32.1 Å². The Kier molecular flexibility index (Phi) is 3.76. The number of imidazole rings is 1. The van der Waals surface area contributed by atoms with Crippen LogP contribution in [0.3, 0.4) is 0 Å². The van der Waals surface area contributed by atoms with Crippen LogP contribution in [-0.4, -0.2) is 14.5 Å². The largest absolute Gasteiger partial charge is 0.329 e. The summed E-state index contributed by atoms with van der Waals surface area (Å²) in [5.74, 6) is 0.727. The van der Waals surface area contributed by atoms with E-state index in [4.69, 9.17) is 12.2 Å². The first kappa shape index (κ1) is 13.3. The molecule has 2 aromatic rings. The lowest BCUT2D eigenvalue weighted by atomic mass is 9.84. The van der Waals surface area contributed by atoms with E-state index in [9.17, 15) is 0 Å². The normalized spacial score (nSPS) is 18.8. The molecule has 3 rings (SSSR count). The van der Waals surface area contributed by atoms with Crippen molar-refractivity contribution in [3.8, 4) is 0 Å². The smallest absolute Gasteiger partial charge is 0.179 e. The molecule has 0 aliphatic heterocycles. The number of pyridine rings is 1. The third-order valence-corrected chi connectivity index (χ3v) is 4.99. The molecule has 2 aromatic heterocycles. The van der Waals surface area contributed by atoms with Gasteiger partial charge in [0.15, 0.2) is 10.4 Å². The van der Waals surface area contributed by atoms with Gasteiger partial charge in [-0.2, -0.15) is 0 Å². The number of hydrogen-bond acceptors (Lipinski definition) is 2. The average Bonchev–Trinajstić information content (AvgIpc) is 2.74. The summed E-state index contributed by atoms with van der Waals surface area (Å²) in [6.07, 6.45) is 8.55. The molecule has 1 saturated carbocycles. The van der Waals surface area contributed by atoms with Gasteiger partial charge in [-0.05, 0) is 59.9 Å².